The number of hydrogen-bond donors (Lipinski definition) is 1. The zero-order valence-electron chi connectivity index (χ0n) is 14.1. The van der Waals surface area contributed by atoms with Crippen molar-refractivity contribution in [3.8, 4) is 11.8 Å². The summed E-state index contributed by atoms with van der Waals surface area (Å²) >= 11 is 3.29. The van der Waals surface area contributed by atoms with Crippen LogP contribution in [0, 0.1) is 17.1 Å². The van der Waals surface area contributed by atoms with Crippen molar-refractivity contribution in [3.05, 3.63) is 63.9 Å². The fourth-order valence-electron chi connectivity index (χ4n) is 2.51. The summed E-state index contributed by atoms with van der Waals surface area (Å²) in [6.07, 6.45) is 1.26. The van der Waals surface area contributed by atoms with Gasteiger partial charge < -0.3 is 4.74 Å². The van der Waals surface area contributed by atoms with Crippen LogP contribution >= 0.6 is 15.9 Å². The van der Waals surface area contributed by atoms with Gasteiger partial charge in [-0.05, 0) is 48.5 Å². The van der Waals surface area contributed by atoms with E-state index in [4.69, 9.17) is 10.00 Å². The highest BCUT2D eigenvalue weighted by Gasteiger charge is 2.37. The Morgan fingerprint density at radius 2 is 1.89 bits per heavy atom. The van der Waals surface area contributed by atoms with E-state index in [9.17, 15) is 18.8 Å². The molecule has 2 aromatic rings. The summed E-state index contributed by atoms with van der Waals surface area (Å²) < 4.78 is 19.1. The molecule has 3 rings (SSSR count). The summed E-state index contributed by atoms with van der Waals surface area (Å²) in [6.45, 7) is -0.224. The molecule has 1 fully saturated rings. The molecule has 0 aliphatic carbocycles. The average molecular weight is 444 g/mol. The van der Waals surface area contributed by atoms with Gasteiger partial charge in [-0.15, -0.1) is 0 Å². The number of nitriles is 1. The SMILES string of the molecule is N#CCOc1ccc(Br)cc1/C=C1\C(=O)NC(=O)N(c2ccc(F)cc2)C1=O. The number of ether oxygens (including phenoxy) is 1. The zero-order chi connectivity index (χ0) is 20.3. The minimum Gasteiger partial charge on any atom is -0.478 e. The number of rotatable bonds is 4. The van der Waals surface area contributed by atoms with Crippen LogP contribution in [0.2, 0.25) is 0 Å². The second kappa shape index (κ2) is 8.02. The predicted octanol–water partition coefficient (Wildman–Crippen LogP) is 3.16. The summed E-state index contributed by atoms with van der Waals surface area (Å²) in [5.74, 6) is -2.00. The highest BCUT2D eigenvalue weighted by molar-refractivity contribution is 9.10. The number of hydrogen-bond acceptors (Lipinski definition) is 5. The third kappa shape index (κ3) is 3.92. The molecule has 4 amide bonds. The summed E-state index contributed by atoms with van der Waals surface area (Å²) in [5, 5.41) is 10.8. The van der Waals surface area contributed by atoms with E-state index in [0.29, 0.717) is 10.0 Å². The van der Waals surface area contributed by atoms with E-state index < -0.39 is 23.7 Å². The van der Waals surface area contributed by atoms with Crippen molar-refractivity contribution in [2.75, 3.05) is 11.5 Å². The standard InChI is InChI=1S/C19H11BrFN3O4/c20-12-1-6-16(28-8-7-22)11(9-12)10-15-17(25)23-19(27)24(18(15)26)14-4-2-13(21)3-5-14/h1-6,9-10H,8H2,(H,23,25,27)/b15-10+. The Balaban J connectivity index is 2.03. The lowest BCUT2D eigenvalue weighted by atomic mass is 10.1. The van der Waals surface area contributed by atoms with Crippen molar-refractivity contribution in [2.45, 2.75) is 0 Å². The number of urea groups is 1. The molecule has 0 saturated carbocycles. The molecule has 0 bridgehead atoms. The number of carbonyl (C=O) groups excluding carboxylic acids is 3. The molecule has 1 aliphatic rings. The van der Waals surface area contributed by atoms with E-state index in [0.717, 1.165) is 17.0 Å². The van der Waals surface area contributed by atoms with Crippen molar-refractivity contribution in [1.82, 2.24) is 5.32 Å². The van der Waals surface area contributed by atoms with E-state index >= 15 is 0 Å². The lowest BCUT2D eigenvalue weighted by Crippen LogP contribution is -2.54. The number of imide groups is 2. The Bertz CT molecular complexity index is 1040. The lowest BCUT2D eigenvalue weighted by Gasteiger charge is -2.26. The van der Waals surface area contributed by atoms with E-state index in [1.54, 1.807) is 18.2 Å². The van der Waals surface area contributed by atoms with Crippen LogP contribution in [0.15, 0.2) is 52.5 Å². The molecule has 0 spiro atoms. The third-order valence-corrected chi connectivity index (χ3v) is 4.24. The second-order valence-corrected chi connectivity index (χ2v) is 6.48. The van der Waals surface area contributed by atoms with Crippen LogP contribution in [0.25, 0.3) is 6.08 Å². The molecule has 0 aromatic heterocycles. The molecule has 0 atom stereocenters. The normalized spacial score (nSPS) is 15.4. The molecule has 1 aliphatic heterocycles. The largest absolute Gasteiger partial charge is 0.478 e. The quantitative estimate of drug-likeness (QED) is 0.577. The Morgan fingerprint density at radius 1 is 1.18 bits per heavy atom. The Kier molecular flexibility index (Phi) is 5.52. The molecule has 9 heteroatoms. The summed E-state index contributed by atoms with van der Waals surface area (Å²) in [7, 11) is 0. The number of anilines is 1. The highest BCUT2D eigenvalue weighted by Crippen LogP contribution is 2.28. The van der Waals surface area contributed by atoms with E-state index in [-0.39, 0.29) is 23.6 Å². The number of nitrogens with one attached hydrogen (secondary N) is 1. The first-order chi connectivity index (χ1) is 13.4. The number of carbonyl (C=O) groups is 3. The monoisotopic (exact) mass is 443 g/mol. The summed E-state index contributed by atoms with van der Waals surface area (Å²) in [6, 6.07) is 10.4. The molecular formula is C19H11BrFN3O4. The lowest BCUT2D eigenvalue weighted by molar-refractivity contribution is -0.122. The van der Waals surface area contributed by atoms with Gasteiger partial charge in [-0.2, -0.15) is 5.26 Å². The average Bonchev–Trinajstić information content (AvgIpc) is 2.66. The smallest absolute Gasteiger partial charge is 0.335 e. The fourth-order valence-corrected chi connectivity index (χ4v) is 2.89. The first-order valence-corrected chi connectivity index (χ1v) is 8.66. The summed E-state index contributed by atoms with van der Waals surface area (Å²) in [5.41, 5.74) is 0.151. The Morgan fingerprint density at radius 3 is 2.57 bits per heavy atom. The number of amides is 4. The van der Waals surface area contributed by atoms with Crippen LogP contribution in [-0.4, -0.2) is 24.5 Å². The van der Waals surface area contributed by atoms with Crippen molar-refractivity contribution in [1.29, 1.82) is 5.26 Å². The predicted molar refractivity (Wildman–Crippen MR) is 101 cm³/mol. The van der Waals surface area contributed by atoms with Crippen LogP contribution in [-0.2, 0) is 9.59 Å². The van der Waals surface area contributed by atoms with Crippen molar-refractivity contribution in [2.24, 2.45) is 0 Å². The molecule has 140 valence electrons. The molecule has 0 unspecified atom stereocenters. The molecule has 1 heterocycles. The van der Waals surface area contributed by atoms with Crippen molar-refractivity contribution >= 4 is 45.5 Å². The first-order valence-electron chi connectivity index (χ1n) is 7.87. The van der Waals surface area contributed by atoms with Crippen LogP contribution in [0.3, 0.4) is 0 Å². The minimum atomic E-state index is -0.936. The highest BCUT2D eigenvalue weighted by atomic mass is 79.9. The number of benzene rings is 2. The van der Waals surface area contributed by atoms with Gasteiger partial charge in [-0.3, -0.25) is 14.9 Å². The maximum absolute atomic E-state index is 13.1. The number of barbiturate groups is 1. The third-order valence-electron chi connectivity index (χ3n) is 3.75. The van der Waals surface area contributed by atoms with Gasteiger partial charge in [-0.25, -0.2) is 14.1 Å². The molecule has 1 saturated heterocycles. The number of nitrogens with zero attached hydrogens (tertiary/aromatic N) is 2. The van der Waals surface area contributed by atoms with E-state index in [1.807, 2.05) is 6.07 Å². The second-order valence-electron chi connectivity index (χ2n) is 5.56. The van der Waals surface area contributed by atoms with Crippen LogP contribution < -0.4 is 15.0 Å². The van der Waals surface area contributed by atoms with Crippen LogP contribution in [0.5, 0.6) is 5.75 Å². The molecule has 28 heavy (non-hydrogen) atoms. The van der Waals surface area contributed by atoms with Gasteiger partial charge in [0.25, 0.3) is 11.8 Å². The van der Waals surface area contributed by atoms with Gasteiger partial charge in [0.2, 0.25) is 0 Å². The van der Waals surface area contributed by atoms with Gasteiger partial charge in [0, 0.05) is 10.0 Å². The van der Waals surface area contributed by atoms with E-state index in [2.05, 4.69) is 21.2 Å². The van der Waals surface area contributed by atoms with Crippen LogP contribution in [0.1, 0.15) is 5.56 Å². The first kappa shape index (κ1) is 19.3. The Hall–Kier alpha value is -3.51. The van der Waals surface area contributed by atoms with Gasteiger partial charge in [0.15, 0.2) is 6.61 Å². The minimum absolute atomic E-state index is 0.109. The van der Waals surface area contributed by atoms with Gasteiger partial charge in [0.05, 0.1) is 5.69 Å². The van der Waals surface area contributed by atoms with E-state index in [1.165, 1.54) is 18.2 Å². The maximum atomic E-state index is 13.1. The van der Waals surface area contributed by atoms with Crippen LogP contribution in [0.4, 0.5) is 14.9 Å². The van der Waals surface area contributed by atoms with Gasteiger partial charge in [0.1, 0.15) is 23.2 Å². The maximum Gasteiger partial charge on any atom is 0.335 e. The molecular weight excluding hydrogens is 433 g/mol. The summed E-state index contributed by atoms with van der Waals surface area (Å²) in [4.78, 5) is 38.0. The fraction of sp³-hybridized carbons (Fsp3) is 0.0526. The molecule has 7 nitrogen and oxygen atoms in total. The van der Waals surface area contributed by atoms with Gasteiger partial charge >= 0.3 is 6.03 Å². The number of halogens is 2. The zero-order valence-corrected chi connectivity index (χ0v) is 15.7. The topological polar surface area (TPSA) is 99.5 Å². The molecule has 0 radical (unpaired) electrons. The van der Waals surface area contributed by atoms with Gasteiger partial charge in [-0.1, -0.05) is 15.9 Å². The Labute approximate surface area is 167 Å². The van der Waals surface area contributed by atoms with Crippen molar-refractivity contribution in [3.63, 3.8) is 0 Å². The molecule has 2 aromatic carbocycles. The molecule has 1 N–H and O–H groups in total. The van der Waals surface area contributed by atoms with Crippen molar-refractivity contribution < 1.29 is 23.5 Å².